The highest BCUT2D eigenvalue weighted by Gasteiger charge is 2.22. The molecular formula is C42H34N6O7. The Kier molecular flexibility index (Phi) is 9.82. The van der Waals surface area contributed by atoms with Crippen LogP contribution in [-0.2, 0) is 0 Å². The predicted octanol–water partition coefficient (Wildman–Crippen LogP) is 7.25. The minimum atomic E-state index is -0.441. The van der Waals surface area contributed by atoms with Gasteiger partial charge < -0.3 is 41.0 Å². The summed E-state index contributed by atoms with van der Waals surface area (Å²) >= 11 is 0. The molecule has 1 aromatic heterocycles. The van der Waals surface area contributed by atoms with Crippen LogP contribution in [0.1, 0.15) is 31.8 Å². The predicted molar refractivity (Wildman–Crippen MR) is 210 cm³/mol. The van der Waals surface area contributed by atoms with Gasteiger partial charge in [0, 0.05) is 82.1 Å². The van der Waals surface area contributed by atoms with Gasteiger partial charge in [-0.1, -0.05) is 24.8 Å². The number of carbonyl (C=O) groups excluding carboxylic acids is 2. The minimum absolute atomic E-state index is 0.0241. The number of aromatic hydroxyl groups is 2. The van der Waals surface area contributed by atoms with Crippen molar-refractivity contribution in [2.75, 3.05) is 23.7 Å². The van der Waals surface area contributed by atoms with Crippen LogP contribution in [-0.4, -0.2) is 50.2 Å². The first-order chi connectivity index (χ1) is 26.5. The van der Waals surface area contributed by atoms with Gasteiger partial charge in [0.2, 0.25) is 5.95 Å². The lowest BCUT2D eigenvalue weighted by molar-refractivity contribution is 0.0927. The Morgan fingerprint density at radius 3 is 2.29 bits per heavy atom. The van der Waals surface area contributed by atoms with Gasteiger partial charge in [-0.2, -0.15) is 4.98 Å². The van der Waals surface area contributed by atoms with Crippen LogP contribution in [0.4, 0.5) is 23.1 Å². The third kappa shape index (κ3) is 7.90. The number of anilines is 4. The number of amides is 2. The fourth-order valence-corrected chi connectivity index (χ4v) is 6.09. The van der Waals surface area contributed by atoms with Crippen LogP contribution in [0.15, 0.2) is 125 Å². The van der Waals surface area contributed by atoms with Crippen LogP contribution in [0.5, 0.6) is 11.5 Å². The van der Waals surface area contributed by atoms with Crippen molar-refractivity contribution in [2.45, 2.75) is 6.92 Å². The molecule has 1 aliphatic heterocycles. The SMILES string of the molecule is C=C(O)c1cc(C(=O)NCCNC(=O)c2cccc(Nc3nccc(Nc4cc(O)ccc4C)n3)c2)ccc1-c1c2ccc(=O)cc-2oc2cc(O)ccc12. The first-order valence-corrected chi connectivity index (χ1v) is 17.1. The van der Waals surface area contributed by atoms with Crippen molar-refractivity contribution in [3.05, 3.63) is 148 Å². The zero-order valence-electron chi connectivity index (χ0n) is 29.4. The van der Waals surface area contributed by atoms with Crippen LogP contribution >= 0.6 is 0 Å². The molecular weight excluding hydrogens is 700 g/mol. The fraction of sp³-hybridized carbons (Fsp3) is 0.0714. The van der Waals surface area contributed by atoms with E-state index in [0.717, 1.165) is 5.56 Å². The molecule has 2 heterocycles. The summed E-state index contributed by atoms with van der Waals surface area (Å²) < 4.78 is 5.93. The molecule has 55 heavy (non-hydrogen) atoms. The van der Waals surface area contributed by atoms with Gasteiger partial charge >= 0.3 is 0 Å². The number of aromatic nitrogens is 2. The fourth-order valence-electron chi connectivity index (χ4n) is 6.09. The van der Waals surface area contributed by atoms with Gasteiger partial charge in [-0.3, -0.25) is 14.4 Å². The lowest BCUT2D eigenvalue weighted by atomic mass is 9.89. The summed E-state index contributed by atoms with van der Waals surface area (Å²) in [6.07, 6.45) is 1.58. The number of hydrogen-bond acceptors (Lipinski definition) is 11. The van der Waals surface area contributed by atoms with Crippen molar-refractivity contribution in [3.8, 4) is 33.9 Å². The summed E-state index contributed by atoms with van der Waals surface area (Å²) in [5, 5.41) is 43.1. The molecule has 7 N–H and O–H groups in total. The highest BCUT2D eigenvalue weighted by molar-refractivity contribution is 6.05. The highest BCUT2D eigenvalue weighted by Crippen LogP contribution is 2.43. The Morgan fingerprint density at radius 2 is 1.51 bits per heavy atom. The summed E-state index contributed by atoms with van der Waals surface area (Å²) in [7, 11) is 0. The lowest BCUT2D eigenvalue weighted by Gasteiger charge is -2.18. The summed E-state index contributed by atoms with van der Waals surface area (Å²) in [5.74, 6) is 0.110. The monoisotopic (exact) mass is 734 g/mol. The molecule has 2 aliphatic rings. The van der Waals surface area contributed by atoms with E-state index in [4.69, 9.17) is 4.42 Å². The van der Waals surface area contributed by atoms with Crippen molar-refractivity contribution >= 4 is 51.7 Å². The Bertz CT molecular complexity index is 2660. The van der Waals surface area contributed by atoms with E-state index in [1.807, 2.05) is 6.92 Å². The second-order valence-electron chi connectivity index (χ2n) is 12.6. The maximum Gasteiger partial charge on any atom is 0.251 e. The second kappa shape index (κ2) is 15.1. The number of phenolic OH excluding ortho intramolecular Hbond substituents is 2. The van der Waals surface area contributed by atoms with E-state index < -0.39 is 5.91 Å². The van der Waals surface area contributed by atoms with Gasteiger partial charge in [0.1, 0.15) is 34.4 Å². The van der Waals surface area contributed by atoms with Crippen molar-refractivity contribution in [1.29, 1.82) is 0 Å². The van der Waals surface area contributed by atoms with E-state index in [-0.39, 0.29) is 58.6 Å². The molecule has 13 heteroatoms. The van der Waals surface area contributed by atoms with E-state index in [0.29, 0.717) is 56.4 Å². The number of aliphatic hydroxyl groups excluding tert-OH is 1. The number of aliphatic hydroxyl groups is 1. The number of aryl methyl sites for hydroxylation is 1. The van der Waals surface area contributed by atoms with Gasteiger partial charge in [-0.15, -0.1) is 0 Å². The van der Waals surface area contributed by atoms with E-state index in [2.05, 4.69) is 37.8 Å². The van der Waals surface area contributed by atoms with Gasteiger partial charge in [0.15, 0.2) is 5.43 Å². The van der Waals surface area contributed by atoms with Gasteiger partial charge in [-0.05, 0) is 84.8 Å². The Morgan fingerprint density at radius 1 is 0.782 bits per heavy atom. The molecule has 0 spiro atoms. The molecule has 5 aromatic rings. The molecule has 0 saturated carbocycles. The van der Waals surface area contributed by atoms with Crippen molar-refractivity contribution < 1.29 is 29.3 Å². The number of nitrogens with zero attached hydrogens (tertiary/aromatic N) is 2. The smallest absolute Gasteiger partial charge is 0.251 e. The van der Waals surface area contributed by atoms with E-state index >= 15 is 0 Å². The molecule has 2 amide bonds. The van der Waals surface area contributed by atoms with Crippen LogP contribution in [0.25, 0.3) is 39.2 Å². The number of phenols is 2. The summed E-state index contributed by atoms with van der Waals surface area (Å²) in [4.78, 5) is 47.1. The van der Waals surface area contributed by atoms with Gasteiger partial charge in [-0.25, -0.2) is 4.98 Å². The average Bonchev–Trinajstić information content (AvgIpc) is 3.16. The maximum atomic E-state index is 13.2. The summed E-state index contributed by atoms with van der Waals surface area (Å²) in [5.41, 5.74) is 4.90. The van der Waals surface area contributed by atoms with Crippen molar-refractivity contribution in [1.82, 2.24) is 20.6 Å². The minimum Gasteiger partial charge on any atom is -0.508 e. The molecule has 13 nitrogen and oxygen atoms in total. The molecule has 1 aliphatic carbocycles. The van der Waals surface area contributed by atoms with E-state index in [1.54, 1.807) is 79.0 Å². The maximum absolute atomic E-state index is 13.2. The number of hydrogen-bond donors (Lipinski definition) is 7. The Labute approximate surface area is 314 Å². The summed E-state index contributed by atoms with van der Waals surface area (Å²) in [6.45, 7) is 5.87. The van der Waals surface area contributed by atoms with Crippen molar-refractivity contribution in [3.63, 3.8) is 0 Å². The van der Waals surface area contributed by atoms with Crippen LogP contribution in [0.2, 0.25) is 0 Å². The zero-order chi connectivity index (χ0) is 38.6. The normalized spacial score (nSPS) is 10.9. The molecule has 274 valence electrons. The third-order valence-corrected chi connectivity index (χ3v) is 8.76. The third-order valence-electron chi connectivity index (χ3n) is 8.76. The lowest BCUT2D eigenvalue weighted by Crippen LogP contribution is -2.34. The highest BCUT2D eigenvalue weighted by atomic mass is 16.3. The number of rotatable bonds is 11. The van der Waals surface area contributed by atoms with E-state index in [9.17, 15) is 29.7 Å². The second-order valence-corrected chi connectivity index (χ2v) is 12.6. The zero-order valence-corrected chi connectivity index (χ0v) is 29.4. The quantitative estimate of drug-likeness (QED) is 0.0401. The number of carbonyl (C=O) groups is 2. The molecule has 0 unspecified atom stereocenters. The standard InChI is InChI=1S/C42H34N6O7/c1-23-6-8-28(50)20-35(23)47-38-14-15-45-42(48-38)46-27-5-3-4-25(18-27)40(53)43-16-17-44-41(54)26-7-11-31(34(19-26)24(2)49)39-32-12-9-29(51)21-36(32)55-37-22-30(52)10-13-33(37)39/h3-15,18-22,49-51H,2,16-17H2,1H3,(H,43,53)(H,44,54)(H2,45,46,47,48). The first kappa shape index (κ1) is 35.7. The molecule has 0 atom stereocenters. The topological polar surface area (TPSA) is 199 Å². The van der Waals surface area contributed by atoms with Crippen LogP contribution in [0, 0.1) is 6.92 Å². The van der Waals surface area contributed by atoms with Crippen molar-refractivity contribution in [2.24, 2.45) is 0 Å². The van der Waals surface area contributed by atoms with Crippen LogP contribution in [0.3, 0.4) is 0 Å². The molecule has 0 radical (unpaired) electrons. The van der Waals surface area contributed by atoms with Gasteiger partial charge in [0.05, 0.1) is 0 Å². The number of nitrogens with one attached hydrogen (secondary N) is 4. The molecule has 7 rings (SSSR count). The van der Waals surface area contributed by atoms with E-state index in [1.165, 1.54) is 30.3 Å². The largest absolute Gasteiger partial charge is 0.508 e. The molecule has 4 aromatic carbocycles. The average molecular weight is 735 g/mol. The molecule has 0 fully saturated rings. The molecule has 0 bridgehead atoms. The molecule has 0 saturated heterocycles. The Hall–Kier alpha value is -7.67. The van der Waals surface area contributed by atoms with Crippen LogP contribution < -0.4 is 26.7 Å². The first-order valence-electron chi connectivity index (χ1n) is 17.1. The number of fused-ring (bicyclic) bond motifs is 2. The van der Waals surface area contributed by atoms with Gasteiger partial charge in [0.25, 0.3) is 11.8 Å². The summed E-state index contributed by atoms with van der Waals surface area (Å²) in [6, 6.07) is 27.3. The number of benzene rings is 5. The Balaban J connectivity index is 0.998.